The van der Waals surface area contributed by atoms with Gasteiger partial charge in [0.25, 0.3) is 10.1 Å². The number of hydrogen-bond donors (Lipinski definition) is 1. The zero-order valence-electron chi connectivity index (χ0n) is 7.87. The van der Waals surface area contributed by atoms with Crippen LogP contribution in [-0.4, -0.2) is 24.9 Å². The van der Waals surface area contributed by atoms with Crippen molar-refractivity contribution < 1.29 is 17.4 Å². The fourth-order valence-corrected chi connectivity index (χ4v) is 2.11. The first-order chi connectivity index (χ1) is 6.02. The molecule has 0 bridgehead atoms. The van der Waals surface area contributed by atoms with E-state index in [9.17, 15) is 12.8 Å². The molecule has 5 heteroatoms. The summed E-state index contributed by atoms with van der Waals surface area (Å²) in [4.78, 5) is 0. The molecule has 0 aliphatic carbocycles. The lowest BCUT2D eigenvalue weighted by molar-refractivity contribution is 0.423. The van der Waals surface area contributed by atoms with Crippen LogP contribution in [0.15, 0.2) is 0 Å². The van der Waals surface area contributed by atoms with E-state index in [-0.39, 0.29) is 12.8 Å². The van der Waals surface area contributed by atoms with Crippen LogP contribution in [0.5, 0.6) is 0 Å². The van der Waals surface area contributed by atoms with Gasteiger partial charge in [0.15, 0.2) is 0 Å². The maximum Gasteiger partial charge on any atom is 0.267 e. The SMILES string of the molecule is CCCCC(CCCF)S(=O)(=O)O. The Hall–Kier alpha value is -0.160. The summed E-state index contributed by atoms with van der Waals surface area (Å²) >= 11 is 0. The van der Waals surface area contributed by atoms with Crippen molar-refractivity contribution in [1.29, 1.82) is 0 Å². The average molecular weight is 212 g/mol. The second-order valence-electron chi connectivity index (χ2n) is 3.11. The van der Waals surface area contributed by atoms with E-state index >= 15 is 0 Å². The molecule has 0 aliphatic rings. The summed E-state index contributed by atoms with van der Waals surface area (Å²) in [5.41, 5.74) is 0. The zero-order valence-corrected chi connectivity index (χ0v) is 8.69. The number of halogens is 1. The van der Waals surface area contributed by atoms with Gasteiger partial charge in [-0.05, 0) is 19.3 Å². The maximum atomic E-state index is 11.8. The predicted octanol–water partition coefficient (Wildman–Crippen LogP) is 2.18. The van der Waals surface area contributed by atoms with Crippen LogP contribution in [0.3, 0.4) is 0 Å². The lowest BCUT2D eigenvalue weighted by Crippen LogP contribution is -2.20. The first-order valence-electron chi connectivity index (χ1n) is 4.54. The van der Waals surface area contributed by atoms with Crippen LogP contribution in [0, 0.1) is 0 Å². The molecule has 1 unspecified atom stereocenters. The summed E-state index contributed by atoms with van der Waals surface area (Å²) in [6.07, 6.45) is 2.47. The molecule has 0 amide bonds. The fraction of sp³-hybridized carbons (Fsp3) is 1.00. The van der Waals surface area contributed by atoms with Crippen LogP contribution in [0.1, 0.15) is 39.0 Å². The topological polar surface area (TPSA) is 54.4 Å². The van der Waals surface area contributed by atoms with Crippen molar-refractivity contribution >= 4 is 10.1 Å². The molecule has 0 rings (SSSR count). The fourth-order valence-electron chi connectivity index (χ4n) is 1.18. The number of hydrogen-bond acceptors (Lipinski definition) is 2. The van der Waals surface area contributed by atoms with Crippen molar-refractivity contribution in [3.63, 3.8) is 0 Å². The van der Waals surface area contributed by atoms with Crippen LogP contribution < -0.4 is 0 Å². The van der Waals surface area contributed by atoms with Crippen LogP contribution in [0.25, 0.3) is 0 Å². The number of unbranched alkanes of at least 4 members (excludes halogenated alkanes) is 1. The standard InChI is InChI=1S/C8H17FO3S/c1-2-3-5-8(6-4-7-9)13(10,11)12/h8H,2-7H2,1H3,(H,10,11,12). The summed E-state index contributed by atoms with van der Waals surface area (Å²) in [7, 11) is -3.98. The molecule has 0 spiro atoms. The molecule has 13 heavy (non-hydrogen) atoms. The lowest BCUT2D eigenvalue weighted by Gasteiger charge is -2.11. The van der Waals surface area contributed by atoms with E-state index in [0.717, 1.165) is 12.8 Å². The van der Waals surface area contributed by atoms with Gasteiger partial charge in [-0.25, -0.2) is 0 Å². The predicted molar refractivity (Wildman–Crippen MR) is 50.1 cm³/mol. The quantitative estimate of drug-likeness (QED) is 0.658. The van der Waals surface area contributed by atoms with E-state index in [0.29, 0.717) is 6.42 Å². The molecule has 0 heterocycles. The number of rotatable bonds is 7. The minimum Gasteiger partial charge on any atom is -0.285 e. The second-order valence-corrected chi connectivity index (χ2v) is 4.81. The molecule has 1 N–H and O–H groups in total. The minimum absolute atomic E-state index is 0.203. The highest BCUT2D eigenvalue weighted by atomic mass is 32.2. The largest absolute Gasteiger partial charge is 0.285 e. The summed E-state index contributed by atoms with van der Waals surface area (Å²) in [5, 5.41) is -0.775. The molecule has 3 nitrogen and oxygen atoms in total. The first kappa shape index (κ1) is 12.8. The third-order valence-electron chi connectivity index (χ3n) is 1.96. The van der Waals surface area contributed by atoms with Gasteiger partial charge in [-0.1, -0.05) is 19.8 Å². The highest BCUT2D eigenvalue weighted by Crippen LogP contribution is 2.14. The first-order valence-corrected chi connectivity index (χ1v) is 6.05. The molecule has 0 saturated carbocycles. The van der Waals surface area contributed by atoms with E-state index in [1.165, 1.54) is 0 Å². The van der Waals surface area contributed by atoms with Crippen molar-refractivity contribution in [2.24, 2.45) is 0 Å². The molecule has 0 aliphatic heterocycles. The average Bonchev–Trinajstić information content (AvgIpc) is 2.02. The van der Waals surface area contributed by atoms with Gasteiger partial charge in [0.2, 0.25) is 0 Å². The van der Waals surface area contributed by atoms with Gasteiger partial charge in [-0.2, -0.15) is 8.42 Å². The Bertz CT molecular complexity index is 205. The van der Waals surface area contributed by atoms with Gasteiger partial charge in [0.05, 0.1) is 11.9 Å². The van der Waals surface area contributed by atoms with E-state index < -0.39 is 22.0 Å². The smallest absolute Gasteiger partial charge is 0.267 e. The molecule has 80 valence electrons. The van der Waals surface area contributed by atoms with Gasteiger partial charge in [0.1, 0.15) is 0 Å². The molecule has 0 fully saturated rings. The van der Waals surface area contributed by atoms with Crippen molar-refractivity contribution in [3.05, 3.63) is 0 Å². The number of alkyl halides is 1. The van der Waals surface area contributed by atoms with Crippen LogP contribution in [-0.2, 0) is 10.1 Å². The Balaban J connectivity index is 4.04. The molecular formula is C8H17FO3S. The van der Waals surface area contributed by atoms with Crippen LogP contribution in [0.4, 0.5) is 4.39 Å². The zero-order chi connectivity index (χ0) is 10.3. The molecule has 0 saturated heterocycles. The minimum atomic E-state index is -3.98. The summed E-state index contributed by atoms with van der Waals surface area (Å²) in [5.74, 6) is 0. The molecule has 0 aromatic rings. The van der Waals surface area contributed by atoms with Crippen molar-refractivity contribution in [2.45, 2.75) is 44.3 Å². The third kappa shape index (κ3) is 5.99. The Labute approximate surface area is 79.1 Å². The van der Waals surface area contributed by atoms with Crippen molar-refractivity contribution in [2.75, 3.05) is 6.67 Å². The molecule has 0 aromatic heterocycles. The summed E-state index contributed by atoms with van der Waals surface area (Å²) in [6, 6.07) is 0. The van der Waals surface area contributed by atoms with Crippen molar-refractivity contribution in [3.8, 4) is 0 Å². The van der Waals surface area contributed by atoms with Gasteiger partial charge in [0, 0.05) is 0 Å². The van der Waals surface area contributed by atoms with Crippen LogP contribution in [0.2, 0.25) is 0 Å². The molecule has 1 atom stereocenters. The van der Waals surface area contributed by atoms with Crippen molar-refractivity contribution in [1.82, 2.24) is 0 Å². The molecular weight excluding hydrogens is 195 g/mol. The maximum absolute atomic E-state index is 11.8. The van der Waals surface area contributed by atoms with Crippen LogP contribution >= 0.6 is 0 Å². The van der Waals surface area contributed by atoms with Gasteiger partial charge >= 0.3 is 0 Å². The van der Waals surface area contributed by atoms with Gasteiger partial charge in [-0.3, -0.25) is 8.94 Å². The van der Waals surface area contributed by atoms with E-state index in [4.69, 9.17) is 4.55 Å². The third-order valence-corrected chi connectivity index (χ3v) is 3.27. The van der Waals surface area contributed by atoms with Gasteiger partial charge in [-0.15, -0.1) is 0 Å². The van der Waals surface area contributed by atoms with E-state index in [1.54, 1.807) is 0 Å². The highest BCUT2D eigenvalue weighted by molar-refractivity contribution is 7.86. The molecule has 0 radical (unpaired) electrons. The Morgan fingerprint density at radius 2 is 1.85 bits per heavy atom. The highest BCUT2D eigenvalue weighted by Gasteiger charge is 2.21. The Morgan fingerprint density at radius 1 is 1.31 bits per heavy atom. The van der Waals surface area contributed by atoms with E-state index in [2.05, 4.69) is 0 Å². The summed E-state index contributed by atoms with van der Waals surface area (Å²) < 4.78 is 42.1. The monoisotopic (exact) mass is 212 g/mol. The van der Waals surface area contributed by atoms with Gasteiger partial charge < -0.3 is 0 Å². The Morgan fingerprint density at radius 3 is 2.23 bits per heavy atom. The lowest BCUT2D eigenvalue weighted by atomic mass is 10.1. The van der Waals surface area contributed by atoms with E-state index in [1.807, 2.05) is 6.92 Å². The summed E-state index contributed by atoms with van der Waals surface area (Å²) in [6.45, 7) is 1.41. The second kappa shape index (κ2) is 6.32. The normalized spacial score (nSPS) is 14.4. The Kier molecular flexibility index (Phi) is 6.24. The molecule has 0 aromatic carbocycles.